The number of benzene rings is 1. The highest BCUT2D eigenvalue weighted by atomic mass is 19.1. The van der Waals surface area contributed by atoms with Crippen molar-refractivity contribution in [1.82, 2.24) is 10.3 Å². The molecule has 0 amide bonds. The Labute approximate surface area is 113 Å². The molecule has 1 aromatic carbocycles. The summed E-state index contributed by atoms with van der Waals surface area (Å²) in [4.78, 5) is 4.15. The van der Waals surface area contributed by atoms with E-state index in [-0.39, 0.29) is 11.9 Å². The third-order valence-electron chi connectivity index (χ3n) is 3.18. The minimum Gasteiger partial charge on any atom is -0.311 e. The van der Waals surface area contributed by atoms with Crippen LogP contribution in [0, 0.1) is 19.7 Å². The van der Waals surface area contributed by atoms with E-state index in [2.05, 4.69) is 42.3 Å². The summed E-state index contributed by atoms with van der Waals surface area (Å²) in [6, 6.07) is 9.81. The van der Waals surface area contributed by atoms with Crippen LogP contribution >= 0.6 is 0 Å². The molecule has 2 aromatic rings. The van der Waals surface area contributed by atoms with Gasteiger partial charge in [-0.2, -0.15) is 0 Å². The normalized spacial score (nSPS) is 12.4. The molecule has 19 heavy (non-hydrogen) atoms. The molecule has 0 spiro atoms. The molecule has 1 heterocycles. The molecule has 0 radical (unpaired) electrons. The molecule has 100 valence electrons. The zero-order chi connectivity index (χ0) is 13.8. The summed E-state index contributed by atoms with van der Waals surface area (Å²) in [5.74, 6) is -0.301. The van der Waals surface area contributed by atoms with Gasteiger partial charge in [0.2, 0.25) is 0 Å². The Balaban J connectivity index is 2.21. The number of pyridine rings is 1. The minimum absolute atomic E-state index is 0.0989. The first-order valence-corrected chi connectivity index (χ1v) is 6.44. The second-order valence-electron chi connectivity index (χ2n) is 4.94. The number of hydrogen-bond donors (Lipinski definition) is 1. The summed E-state index contributed by atoms with van der Waals surface area (Å²) in [5, 5.41) is 3.24. The van der Waals surface area contributed by atoms with E-state index >= 15 is 0 Å². The first-order chi connectivity index (χ1) is 9.08. The van der Waals surface area contributed by atoms with Crippen LogP contribution in [0.4, 0.5) is 4.39 Å². The molecule has 1 unspecified atom stereocenters. The van der Waals surface area contributed by atoms with Crippen LogP contribution in [0.2, 0.25) is 0 Å². The summed E-state index contributed by atoms with van der Waals surface area (Å²) in [5.41, 5.74) is 4.65. The highest BCUT2D eigenvalue weighted by Gasteiger charge is 2.12. The second kappa shape index (κ2) is 5.93. The van der Waals surface area contributed by atoms with E-state index in [4.69, 9.17) is 0 Å². The monoisotopic (exact) mass is 258 g/mol. The predicted octanol–water partition coefficient (Wildman–Crippen LogP) is 3.34. The van der Waals surface area contributed by atoms with Gasteiger partial charge in [-0.25, -0.2) is 4.39 Å². The van der Waals surface area contributed by atoms with Gasteiger partial charge in [0.05, 0.1) is 17.9 Å². The second-order valence-corrected chi connectivity index (χ2v) is 4.94. The molecule has 1 N–H and O–H groups in total. The number of nitrogens with zero attached hydrogens (tertiary/aromatic N) is 1. The van der Waals surface area contributed by atoms with Crippen molar-refractivity contribution in [1.29, 1.82) is 0 Å². The van der Waals surface area contributed by atoms with E-state index in [9.17, 15) is 4.39 Å². The fourth-order valence-electron chi connectivity index (χ4n) is 2.37. The fourth-order valence-corrected chi connectivity index (χ4v) is 2.37. The van der Waals surface area contributed by atoms with E-state index in [1.54, 1.807) is 6.07 Å². The zero-order valence-corrected chi connectivity index (χ0v) is 11.6. The Morgan fingerprint density at radius 3 is 2.37 bits per heavy atom. The third-order valence-corrected chi connectivity index (χ3v) is 3.18. The predicted molar refractivity (Wildman–Crippen MR) is 75.6 cm³/mol. The van der Waals surface area contributed by atoms with E-state index < -0.39 is 0 Å². The van der Waals surface area contributed by atoms with E-state index in [1.165, 1.54) is 29.0 Å². The van der Waals surface area contributed by atoms with Gasteiger partial charge < -0.3 is 5.32 Å². The van der Waals surface area contributed by atoms with E-state index in [0.717, 1.165) is 12.1 Å². The van der Waals surface area contributed by atoms with Crippen LogP contribution < -0.4 is 5.32 Å². The largest absolute Gasteiger partial charge is 0.311 e. The average Bonchev–Trinajstić information content (AvgIpc) is 2.36. The molecule has 0 aliphatic rings. The number of hydrogen-bond acceptors (Lipinski definition) is 2. The molecule has 0 aliphatic carbocycles. The summed E-state index contributed by atoms with van der Waals surface area (Å²) >= 11 is 0. The van der Waals surface area contributed by atoms with E-state index in [1.807, 2.05) is 7.05 Å². The van der Waals surface area contributed by atoms with Crippen LogP contribution in [0.1, 0.15) is 28.4 Å². The van der Waals surface area contributed by atoms with Crippen LogP contribution in [0.25, 0.3) is 0 Å². The average molecular weight is 258 g/mol. The van der Waals surface area contributed by atoms with Gasteiger partial charge in [-0.3, -0.25) is 4.98 Å². The van der Waals surface area contributed by atoms with Gasteiger partial charge in [0.25, 0.3) is 0 Å². The molecular formula is C16H19FN2. The molecule has 2 rings (SSSR count). The van der Waals surface area contributed by atoms with Crippen molar-refractivity contribution in [3.05, 3.63) is 64.7 Å². The maximum absolute atomic E-state index is 12.9. The molecular weight excluding hydrogens is 239 g/mol. The Hall–Kier alpha value is -1.74. The summed E-state index contributed by atoms with van der Waals surface area (Å²) in [6.07, 6.45) is 2.11. The van der Waals surface area contributed by atoms with Gasteiger partial charge in [0.15, 0.2) is 0 Å². The first-order valence-electron chi connectivity index (χ1n) is 6.44. The molecule has 2 nitrogen and oxygen atoms in total. The Bertz CT molecular complexity index is 529. The lowest BCUT2D eigenvalue weighted by Crippen LogP contribution is -2.20. The molecule has 1 aromatic heterocycles. The number of aryl methyl sites for hydroxylation is 2. The Kier molecular flexibility index (Phi) is 4.27. The summed E-state index contributed by atoms with van der Waals surface area (Å²) in [6.45, 7) is 4.20. The van der Waals surface area contributed by atoms with Crippen molar-refractivity contribution < 1.29 is 4.39 Å². The number of halogens is 1. The van der Waals surface area contributed by atoms with Gasteiger partial charge in [-0.15, -0.1) is 0 Å². The lowest BCUT2D eigenvalue weighted by atomic mass is 9.99. The van der Waals surface area contributed by atoms with Gasteiger partial charge in [0, 0.05) is 0 Å². The van der Waals surface area contributed by atoms with Gasteiger partial charge in [-0.05, 0) is 45.0 Å². The summed E-state index contributed by atoms with van der Waals surface area (Å²) in [7, 11) is 1.90. The van der Waals surface area contributed by atoms with Crippen LogP contribution in [-0.4, -0.2) is 12.0 Å². The highest BCUT2D eigenvalue weighted by molar-refractivity contribution is 5.30. The first kappa shape index (κ1) is 13.7. The van der Waals surface area contributed by atoms with Crippen LogP contribution in [0.5, 0.6) is 0 Å². The number of rotatable bonds is 4. The van der Waals surface area contributed by atoms with Gasteiger partial charge in [-0.1, -0.05) is 29.3 Å². The fraction of sp³-hybridized carbons (Fsp3) is 0.312. The van der Waals surface area contributed by atoms with Crippen LogP contribution in [0.3, 0.4) is 0 Å². The number of likely N-dealkylation sites (N-methyl/N-ethyl adjacent to an activating group) is 1. The van der Waals surface area contributed by atoms with Crippen LogP contribution in [-0.2, 0) is 6.42 Å². The van der Waals surface area contributed by atoms with Crippen LogP contribution in [0.15, 0.2) is 36.5 Å². The Morgan fingerprint density at radius 2 is 1.84 bits per heavy atom. The van der Waals surface area contributed by atoms with Gasteiger partial charge >= 0.3 is 0 Å². The van der Waals surface area contributed by atoms with E-state index in [0.29, 0.717) is 0 Å². The van der Waals surface area contributed by atoms with Crippen molar-refractivity contribution in [2.45, 2.75) is 26.3 Å². The lowest BCUT2D eigenvalue weighted by molar-refractivity contribution is 0.565. The number of nitrogens with one attached hydrogen (secondary N) is 1. The standard InChI is InChI=1S/C16H19FN2/c1-11-6-12(2)8-13(7-11)9-16(18-3)15-5-4-14(17)10-19-15/h4-8,10,16,18H,9H2,1-3H3. The van der Waals surface area contributed by atoms with Crippen molar-refractivity contribution >= 4 is 0 Å². The minimum atomic E-state index is -0.301. The van der Waals surface area contributed by atoms with Crippen molar-refractivity contribution in [2.24, 2.45) is 0 Å². The smallest absolute Gasteiger partial charge is 0.141 e. The van der Waals surface area contributed by atoms with Crippen molar-refractivity contribution in [3.63, 3.8) is 0 Å². The topological polar surface area (TPSA) is 24.9 Å². The molecule has 0 bridgehead atoms. The lowest BCUT2D eigenvalue weighted by Gasteiger charge is -2.16. The maximum atomic E-state index is 12.9. The van der Waals surface area contributed by atoms with Crippen molar-refractivity contribution in [3.8, 4) is 0 Å². The molecule has 0 fully saturated rings. The zero-order valence-electron chi connectivity index (χ0n) is 11.6. The quantitative estimate of drug-likeness (QED) is 0.909. The third kappa shape index (κ3) is 3.61. The molecule has 1 atom stereocenters. The van der Waals surface area contributed by atoms with Gasteiger partial charge in [0.1, 0.15) is 5.82 Å². The molecule has 0 aliphatic heterocycles. The molecule has 0 saturated heterocycles. The Morgan fingerprint density at radius 1 is 1.16 bits per heavy atom. The number of aromatic nitrogens is 1. The highest BCUT2D eigenvalue weighted by Crippen LogP contribution is 2.18. The maximum Gasteiger partial charge on any atom is 0.141 e. The molecule has 0 saturated carbocycles. The van der Waals surface area contributed by atoms with Crippen molar-refractivity contribution in [2.75, 3.05) is 7.05 Å². The summed E-state index contributed by atoms with van der Waals surface area (Å²) < 4.78 is 12.9. The molecule has 3 heteroatoms. The SMILES string of the molecule is CNC(Cc1cc(C)cc(C)c1)c1ccc(F)cn1.